The van der Waals surface area contributed by atoms with Crippen LogP contribution in [-0.4, -0.2) is 17.1 Å². The van der Waals surface area contributed by atoms with Gasteiger partial charge in [-0.2, -0.15) is 0 Å². The van der Waals surface area contributed by atoms with E-state index in [0.717, 1.165) is 5.56 Å². The van der Waals surface area contributed by atoms with Crippen LogP contribution < -0.4 is 9.84 Å². The maximum absolute atomic E-state index is 11.5. The van der Waals surface area contributed by atoms with Crippen molar-refractivity contribution in [3.63, 3.8) is 0 Å². The minimum absolute atomic E-state index is 0.0113. The Hall–Kier alpha value is -2.88. The van der Waals surface area contributed by atoms with Gasteiger partial charge in [-0.25, -0.2) is 4.98 Å². The Kier molecular flexibility index (Phi) is 3.98. The van der Waals surface area contributed by atoms with Gasteiger partial charge in [-0.15, -0.1) is 0 Å². The summed E-state index contributed by atoms with van der Waals surface area (Å²) < 4.78 is 5.81. The highest BCUT2D eigenvalue weighted by molar-refractivity contribution is 6.03. The van der Waals surface area contributed by atoms with E-state index in [1.54, 1.807) is 24.3 Å². The van der Waals surface area contributed by atoms with Gasteiger partial charge in [0.05, 0.1) is 23.3 Å². The highest BCUT2D eigenvalue weighted by Gasteiger charge is 2.12. The van der Waals surface area contributed by atoms with E-state index >= 15 is 0 Å². The van der Waals surface area contributed by atoms with E-state index in [1.165, 1.54) is 0 Å². The van der Waals surface area contributed by atoms with E-state index in [4.69, 9.17) is 4.74 Å². The number of hydrogen-bond donors (Lipinski definition) is 0. The summed E-state index contributed by atoms with van der Waals surface area (Å²) in [6, 6.07) is 16.1. The Morgan fingerprint density at radius 3 is 2.52 bits per heavy atom. The van der Waals surface area contributed by atoms with Gasteiger partial charge >= 0.3 is 0 Å². The number of ether oxygens (including phenoxy) is 1. The quantitative estimate of drug-likeness (QED) is 0.743. The van der Waals surface area contributed by atoms with Crippen LogP contribution in [0, 0.1) is 0 Å². The Balaban J connectivity index is 2.23. The predicted octanol–water partition coefficient (Wildman–Crippen LogP) is 3.05. The Morgan fingerprint density at radius 2 is 1.78 bits per heavy atom. The normalized spacial score (nSPS) is 10.9. The lowest BCUT2D eigenvalue weighted by Gasteiger charge is -2.15. The SMILES string of the molecule is CC(C)Oc1ccccc1-c1cc(C(=O)[O-])c2ccccc2n1. The van der Waals surface area contributed by atoms with Gasteiger partial charge in [0, 0.05) is 16.5 Å². The molecule has 0 bridgehead atoms. The number of hydrogen-bond acceptors (Lipinski definition) is 4. The van der Waals surface area contributed by atoms with Gasteiger partial charge in [0.2, 0.25) is 0 Å². The third-order valence-electron chi connectivity index (χ3n) is 3.46. The van der Waals surface area contributed by atoms with E-state index in [2.05, 4.69) is 4.98 Å². The van der Waals surface area contributed by atoms with Gasteiger partial charge in [0.1, 0.15) is 5.75 Å². The van der Waals surface area contributed by atoms with E-state index in [0.29, 0.717) is 22.3 Å². The van der Waals surface area contributed by atoms with Crippen LogP contribution in [0.2, 0.25) is 0 Å². The van der Waals surface area contributed by atoms with Crippen LogP contribution in [0.1, 0.15) is 24.2 Å². The maximum atomic E-state index is 11.5. The molecule has 0 amide bonds. The molecular formula is C19H16NO3-. The zero-order chi connectivity index (χ0) is 16.4. The van der Waals surface area contributed by atoms with Crippen LogP contribution >= 0.6 is 0 Å². The second kappa shape index (κ2) is 6.08. The van der Waals surface area contributed by atoms with Crippen LogP contribution in [0.4, 0.5) is 0 Å². The van der Waals surface area contributed by atoms with E-state index in [-0.39, 0.29) is 11.7 Å². The fraction of sp³-hybridized carbons (Fsp3) is 0.158. The van der Waals surface area contributed by atoms with Crippen molar-refractivity contribution in [3.05, 3.63) is 60.2 Å². The topological polar surface area (TPSA) is 62.2 Å². The van der Waals surface area contributed by atoms with Crippen LogP contribution in [-0.2, 0) is 0 Å². The molecule has 3 rings (SSSR count). The zero-order valence-corrected chi connectivity index (χ0v) is 12.9. The third-order valence-corrected chi connectivity index (χ3v) is 3.46. The Labute approximate surface area is 134 Å². The largest absolute Gasteiger partial charge is 0.545 e. The highest BCUT2D eigenvalue weighted by Crippen LogP contribution is 2.31. The summed E-state index contributed by atoms with van der Waals surface area (Å²) in [6.07, 6.45) is 0.0113. The summed E-state index contributed by atoms with van der Waals surface area (Å²) in [5.41, 5.74) is 2.06. The second-order valence-corrected chi connectivity index (χ2v) is 5.52. The van der Waals surface area contributed by atoms with E-state index < -0.39 is 5.97 Å². The molecule has 1 aromatic heterocycles. The third kappa shape index (κ3) is 3.01. The maximum Gasteiger partial charge on any atom is 0.129 e. The lowest BCUT2D eigenvalue weighted by atomic mass is 10.0. The molecule has 23 heavy (non-hydrogen) atoms. The van der Waals surface area contributed by atoms with Crippen LogP contribution in [0.5, 0.6) is 5.75 Å². The number of carboxylic acid groups (broad SMARTS) is 1. The summed E-state index contributed by atoms with van der Waals surface area (Å²) >= 11 is 0. The molecule has 0 atom stereocenters. The molecule has 0 N–H and O–H groups in total. The zero-order valence-electron chi connectivity index (χ0n) is 12.9. The number of benzene rings is 2. The molecule has 0 unspecified atom stereocenters. The molecule has 116 valence electrons. The first-order chi connectivity index (χ1) is 11.1. The summed E-state index contributed by atoms with van der Waals surface area (Å²) in [5, 5.41) is 12.1. The van der Waals surface area contributed by atoms with Crippen LogP contribution in [0.15, 0.2) is 54.6 Å². The van der Waals surface area contributed by atoms with E-state index in [9.17, 15) is 9.90 Å². The van der Waals surface area contributed by atoms with Crippen molar-refractivity contribution in [2.45, 2.75) is 20.0 Å². The van der Waals surface area contributed by atoms with Gasteiger partial charge in [0.15, 0.2) is 0 Å². The van der Waals surface area contributed by atoms with Crippen LogP contribution in [0.25, 0.3) is 22.2 Å². The number of rotatable bonds is 4. The average Bonchev–Trinajstić information content (AvgIpc) is 2.53. The molecule has 4 nitrogen and oxygen atoms in total. The second-order valence-electron chi connectivity index (χ2n) is 5.52. The number of pyridine rings is 1. The fourth-order valence-corrected chi connectivity index (χ4v) is 2.52. The number of carbonyl (C=O) groups excluding carboxylic acids is 1. The van der Waals surface area contributed by atoms with Crippen molar-refractivity contribution in [2.75, 3.05) is 0 Å². The highest BCUT2D eigenvalue weighted by atomic mass is 16.5. The first-order valence-corrected chi connectivity index (χ1v) is 7.43. The molecule has 4 heteroatoms. The first-order valence-electron chi connectivity index (χ1n) is 7.43. The number of fused-ring (bicyclic) bond motifs is 1. The monoisotopic (exact) mass is 306 g/mol. The smallest absolute Gasteiger partial charge is 0.129 e. The molecule has 0 aliphatic carbocycles. The fourth-order valence-electron chi connectivity index (χ4n) is 2.52. The van der Waals surface area contributed by atoms with Crippen molar-refractivity contribution in [3.8, 4) is 17.0 Å². The number of carboxylic acids is 1. The minimum atomic E-state index is -1.22. The van der Waals surface area contributed by atoms with E-state index in [1.807, 2.05) is 44.2 Å². The van der Waals surface area contributed by atoms with Crippen molar-refractivity contribution < 1.29 is 14.6 Å². The predicted molar refractivity (Wildman–Crippen MR) is 87.3 cm³/mol. The number of aromatic carboxylic acids is 1. The van der Waals surface area contributed by atoms with Gasteiger partial charge in [-0.3, -0.25) is 0 Å². The van der Waals surface area contributed by atoms with Crippen molar-refractivity contribution in [1.29, 1.82) is 0 Å². The molecule has 2 aromatic carbocycles. The van der Waals surface area contributed by atoms with Crippen molar-refractivity contribution in [2.24, 2.45) is 0 Å². The van der Waals surface area contributed by atoms with Gasteiger partial charge in [-0.05, 0) is 38.1 Å². The lowest BCUT2D eigenvalue weighted by Crippen LogP contribution is -2.22. The molecule has 0 fully saturated rings. The van der Waals surface area contributed by atoms with Crippen LogP contribution in [0.3, 0.4) is 0 Å². The summed E-state index contributed by atoms with van der Waals surface area (Å²) in [4.78, 5) is 16.1. The molecule has 0 saturated heterocycles. The van der Waals surface area contributed by atoms with Gasteiger partial charge in [0.25, 0.3) is 0 Å². The van der Waals surface area contributed by atoms with Gasteiger partial charge in [-0.1, -0.05) is 30.3 Å². The summed E-state index contributed by atoms with van der Waals surface area (Å²) in [5.74, 6) is -0.540. The van der Waals surface area contributed by atoms with Gasteiger partial charge < -0.3 is 14.6 Å². The molecular weight excluding hydrogens is 290 g/mol. The molecule has 3 aromatic rings. The Bertz CT molecular complexity index is 871. The minimum Gasteiger partial charge on any atom is -0.545 e. The first kappa shape index (κ1) is 15.0. The van der Waals surface area contributed by atoms with Crippen molar-refractivity contribution >= 4 is 16.9 Å². The molecule has 1 heterocycles. The molecule has 0 saturated carbocycles. The lowest BCUT2D eigenvalue weighted by molar-refractivity contribution is -0.254. The average molecular weight is 306 g/mol. The van der Waals surface area contributed by atoms with Crippen molar-refractivity contribution in [1.82, 2.24) is 4.98 Å². The molecule has 0 spiro atoms. The summed E-state index contributed by atoms with van der Waals surface area (Å²) in [7, 11) is 0. The standard InChI is InChI=1S/C19H17NO3/c1-12(2)23-18-10-6-4-8-14(18)17-11-15(19(21)22)13-7-3-5-9-16(13)20-17/h3-12H,1-2H3,(H,21,22)/p-1. The Morgan fingerprint density at radius 1 is 1.09 bits per heavy atom. The molecule has 0 aliphatic heterocycles. The number of para-hydroxylation sites is 2. The molecule has 0 aliphatic rings. The molecule has 0 radical (unpaired) electrons. The number of nitrogens with zero attached hydrogens (tertiary/aromatic N) is 1. The summed E-state index contributed by atoms with van der Waals surface area (Å²) in [6.45, 7) is 3.88. The number of aromatic nitrogens is 1. The number of carbonyl (C=O) groups is 1.